The largest absolute Gasteiger partial charge is 0.287 e. The van der Waals surface area contributed by atoms with Gasteiger partial charge in [-0.1, -0.05) is 58.2 Å². The Morgan fingerprint density at radius 3 is 2.36 bits per heavy atom. The summed E-state index contributed by atoms with van der Waals surface area (Å²) >= 11 is 18.1. The average molecular weight is 460 g/mol. The molecule has 2 aromatic carbocycles. The Morgan fingerprint density at radius 1 is 1.04 bits per heavy atom. The first-order valence-corrected chi connectivity index (χ1v) is 10.4. The molecule has 0 bridgehead atoms. The van der Waals surface area contributed by atoms with Gasteiger partial charge in [0.05, 0.1) is 31.3 Å². The molecule has 1 aromatic heterocycles. The molecule has 11 heteroatoms. The number of benzene rings is 2. The topological polar surface area (TPSA) is 93.9 Å². The van der Waals surface area contributed by atoms with Crippen LogP contribution in [0.5, 0.6) is 0 Å². The number of carbonyl (C=O) groups is 1. The predicted octanol–water partition coefficient (Wildman–Crippen LogP) is 3.96. The van der Waals surface area contributed by atoms with Crippen LogP contribution in [0, 0.1) is 13.8 Å². The van der Waals surface area contributed by atoms with Crippen LogP contribution in [-0.4, -0.2) is 29.3 Å². The lowest BCUT2D eigenvalue weighted by molar-refractivity contribution is 0.0976. The zero-order valence-corrected chi connectivity index (χ0v) is 17.7. The highest BCUT2D eigenvalue weighted by Gasteiger charge is 2.25. The third-order valence-corrected chi connectivity index (χ3v) is 6.45. The Bertz CT molecular complexity index is 1190. The lowest BCUT2D eigenvalue weighted by Crippen LogP contribution is -2.31. The molecular weight excluding hydrogens is 447 g/mol. The fourth-order valence-corrected chi connectivity index (χ4v) is 4.35. The normalized spacial score (nSPS) is 11.5. The van der Waals surface area contributed by atoms with Crippen LogP contribution < -0.4 is 4.72 Å². The minimum absolute atomic E-state index is 0.000854. The number of amides is 1. The number of nitrogens with zero attached hydrogens (tertiary/aromatic N) is 3. The Kier molecular flexibility index (Phi) is 5.67. The van der Waals surface area contributed by atoms with Gasteiger partial charge in [0.1, 0.15) is 0 Å². The van der Waals surface area contributed by atoms with Gasteiger partial charge in [0.2, 0.25) is 0 Å². The second-order valence-corrected chi connectivity index (χ2v) is 8.73. The van der Waals surface area contributed by atoms with Crippen molar-refractivity contribution in [1.82, 2.24) is 19.7 Å². The number of hydrogen-bond acceptors (Lipinski definition) is 5. The highest BCUT2D eigenvalue weighted by Crippen LogP contribution is 2.31. The van der Waals surface area contributed by atoms with Crippen LogP contribution in [-0.2, 0) is 10.0 Å². The molecule has 1 N–H and O–H groups in total. The summed E-state index contributed by atoms with van der Waals surface area (Å²) in [4.78, 5) is 12.5. The second kappa shape index (κ2) is 7.71. The molecule has 0 saturated heterocycles. The molecule has 0 spiro atoms. The van der Waals surface area contributed by atoms with Gasteiger partial charge in [0, 0.05) is 0 Å². The number of halogens is 3. The van der Waals surface area contributed by atoms with Crippen molar-refractivity contribution < 1.29 is 13.2 Å². The number of hydrogen-bond donors (Lipinski definition) is 1. The number of rotatable bonds is 4. The highest BCUT2D eigenvalue weighted by molar-refractivity contribution is 7.90. The Balaban J connectivity index is 1.95. The van der Waals surface area contributed by atoms with Crippen LogP contribution in [0.1, 0.15) is 21.7 Å². The van der Waals surface area contributed by atoms with E-state index in [4.69, 9.17) is 34.8 Å². The van der Waals surface area contributed by atoms with E-state index in [0.29, 0.717) is 11.3 Å². The maximum absolute atomic E-state index is 12.5. The van der Waals surface area contributed by atoms with Crippen molar-refractivity contribution >= 4 is 50.7 Å². The van der Waals surface area contributed by atoms with Crippen molar-refractivity contribution in [2.45, 2.75) is 18.7 Å². The van der Waals surface area contributed by atoms with Crippen LogP contribution in [0.2, 0.25) is 15.1 Å². The summed E-state index contributed by atoms with van der Waals surface area (Å²) in [6.07, 6.45) is 0. The molecule has 0 aliphatic carbocycles. The Labute approximate surface area is 176 Å². The van der Waals surface area contributed by atoms with Crippen LogP contribution in [0.15, 0.2) is 41.3 Å². The molecule has 0 atom stereocenters. The van der Waals surface area contributed by atoms with E-state index in [1.807, 2.05) is 4.72 Å². The zero-order chi connectivity index (χ0) is 20.6. The summed E-state index contributed by atoms with van der Waals surface area (Å²) in [5, 5.41) is 8.41. The predicted molar refractivity (Wildman–Crippen MR) is 107 cm³/mol. The van der Waals surface area contributed by atoms with Crippen molar-refractivity contribution in [1.29, 1.82) is 0 Å². The van der Waals surface area contributed by atoms with Gasteiger partial charge >= 0.3 is 0 Å². The van der Waals surface area contributed by atoms with E-state index in [9.17, 15) is 13.2 Å². The molecule has 0 aliphatic rings. The average Bonchev–Trinajstić information content (AvgIpc) is 2.99. The molecule has 28 heavy (non-hydrogen) atoms. The monoisotopic (exact) mass is 458 g/mol. The van der Waals surface area contributed by atoms with Crippen LogP contribution in [0.25, 0.3) is 5.69 Å². The lowest BCUT2D eigenvalue weighted by Gasteiger charge is -2.09. The summed E-state index contributed by atoms with van der Waals surface area (Å²) < 4.78 is 28.3. The van der Waals surface area contributed by atoms with E-state index in [2.05, 4.69) is 10.3 Å². The van der Waals surface area contributed by atoms with E-state index < -0.39 is 15.9 Å². The van der Waals surface area contributed by atoms with Crippen LogP contribution >= 0.6 is 34.8 Å². The minimum Gasteiger partial charge on any atom is -0.266 e. The molecule has 0 radical (unpaired) electrons. The fraction of sp³-hybridized carbons (Fsp3) is 0.118. The van der Waals surface area contributed by atoms with Gasteiger partial charge in [0.15, 0.2) is 5.69 Å². The van der Waals surface area contributed by atoms with E-state index in [0.717, 1.165) is 0 Å². The van der Waals surface area contributed by atoms with Gasteiger partial charge in [-0.15, -0.1) is 5.10 Å². The molecule has 0 saturated carbocycles. The van der Waals surface area contributed by atoms with Gasteiger partial charge in [-0.2, -0.15) is 0 Å². The molecule has 1 heterocycles. The molecular formula is C17H13Cl3N4O3S. The van der Waals surface area contributed by atoms with Crippen LogP contribution in [0.4, 0.5) is 0 Å². The number of aryl methyl sites for hydroxylation is 1. The summed E-state index contributed by atoms with van der Waals surface area (Å²) in [5.41, 5.74) is 0.963. The van der Waals surface area contributed by atoms with Gasteiger partial charge in [-0.3, -0.25) is 4.79 Å². The molecule has 7 nitrogen and oxygen atoms in total. The third-order valence-electron chi connectivity index (χ3n) is 3.94. The summed E-state index contributed by atoms with van der Waals surface area (Å²) in [6.45, 7) is 3.18. The zero-order valence-electron chi connectivity index (χ0n) is 14.6. The van der Waals surface area contributed by atoms with Crippen LogP contribution in [0.3, 0.4) is 0 Å². The van der Waals surface area contributed by atoms with Crippen molar-refractivity contribution in [2.24, 2.45) is 0 Å². The highest BCUT2D eigenvalue weighted by atomic mass is 35.5. The van der Waals surface area contributed by atoms with Crippen molar-refractivity contribution in [2.75, 3.05) is 0 Å². The second-order valence-electron chi connectivity index (χ2n) is 5.85. The standard InChI is InChI=1S/C17H13Cl3N4O3S/c1-9-5-3-4-6-15(9)28(26,27)22-17(25)16-10(2)24(23-21-16)14-8-12(19)11(18)7-13(14)20/h3-8H,1-2H3,(H,22,25). The summed E-state index contributed by atoms with van der Waals surface area (Å²) in [7, 11) is -4.07. The minimum atomic E-state index is -4.07. The van der Waals surface area contributed by atoms with Gasteiger partial charge in [-0.25, -0.2) is 17.8 Å². The maximum Gasteiger partial charge on any atom is 0.287 e. The molecule has 0 unspecified atom stereocenters. The quantitative estimate of drug-likeness (QED) is 0.596. The molecule has 146 valence electrons. The molecule has 3 rings (SSSR count). The number of nitrogens with one attached hydrogen (secondary N) is 1. The van der Waals surface area contributed by atoms with Crippen molar-refractivity contribution in [3.8, 4) is 5.69 Å². The Morgan fingerprint density at radius 2 is 1.68 bits per heavy atom. The number of sulfonamides is 1. The summed E-state index contributed by atoms with van der Waals surface area (Å²) in [6, 6.07) is 9.22. The fourth-order valence-electron chi connectivity index (χ4n) is 2.53. The number of carbonyl (C=O) groups excluding carboxylic acids is 1. The molecule has 0 aliphatic heterocycles. The first kappa shape index (κ1) is 20.6. The molecule has 0 fully saturated rings. The first-order valence-electron chi connectivity index (χ1n) is 7.82. The first-order chi connectivity index (χ1) is 13.1. The van der Waals surface area contributed by atoms with Crippen molar-refractivity contribution in [3.05, 3.63) is 68.4 Å². The van der Waals surface area contributed by atoms with E-state index >= 15 is 0 Å². The van der Waals surface area contributed by atoms with E-state index in [-0.39, 0.29) is 31.4 Å². The lowest BCUT2D eigenvalue weighted by atomic mass is 10.2. The van der Waals surface area contributed by atoms with E-state index in [1.165, 1.54) is 22.9 Å². The van der Waals surface area contributed by atoms with Gasteiger partial charge < -0.3 is 0 Å². The smallest absolute Gasteiger partial charge is 0.266 e. The van der Waals surface area contributed by atoms with Gasteiger partial charge in [0.25, 0.3) is 15.9 Å². The third kappa shape index (κ3) is 3.86. The Hall–Kier alpha value is -2.13. The van der Waals surface area contributed by atoms with Crippen molar-refractivity contribution in [3.63, 3.8) is 0 Å². The molecule has 1 amide bonds. The maximum atomic E-state index is 12.5. The van der Waals surface area contributed by atoms with E-state index in [1.54, 1.807) is 32.0 Å². The van der Waals surface area contributed by atoms with Gasteiger partial charge in [-0.05, 0) is 37.6 Å². The number of aromatic nitrogens is 3. The summed E-state index contributed by atoms with van der Waals surface area (Å²) in [5.74, 6) is -0.914. The molecule has 3 aromatic rings. The SMILES string of the molecule is Cc1ccccc1S(=O)(=O)NC(=O)c1nnn(-c2cc(Cl)c(Cl)cc2Cl)c1C.